The summed E-state index contributed by atoms with van der Waals surface area (Å²) in [5.74, 6) is -0.484. The van der Waals surface area contributed by atoms with Crippen LogP contribution in [-0.2, 0) is 19.6 Å². The minimum atomic E-state index is -3.94. The average molecular weight is 345 g/mol. The van der Waals surface area contributed by atoms with Crippen LogP contribution in [0.2, 0.25) is 0 Å². The van der Waals surface area contributed by atoms with Crippen LogP contribution in [-0.4, -0.2) is 14.4 Å². The van der Waals surface area contributed by atoms with Crippen molar-refractivity contribution in [2.24, 2.45) is 0 Å². The Hall–Kier alpha value is -2.85. The van der Waals surface area contributed by atoms with Crippen LogP contribution in [0.5, 0.6) is 5.75 Å². The Bertz CT molecular complexity index is 865. The van der Waals surface area contributed by atoms with E-state index in [0.29, 0.717) is 5.56 Å². The van der Waals surface area contributed by atoms with E-state index in [9.17, 15) is 13.2 Å². The first kappa shape index (κ1) is 17.5. The summed E-state index contributed by atoms with van der Waals surface area (Å²) in [6.07, 6.45) is -1.05. The van der Waals surface area contributed by atoms with Crippen molar-refractivity contribution in [1.29, 1.82) is 5.26 Å². The van der Waals surface area contributed by atoms with E-state index in [1.165, 1.54) is 43.3 Å². The summed E-state index contributed by atoms with van der Waals surface area (Å²) in [6, 6.07) is 13.9. The third-order valence-corrected chi connectivity index (χ3v) is 4.36. The zero-order valence-electron chi connectivity index (χ0n) is 13.1. The number of esters is 1. The van der Waals surface area contributed by atoms with Gasteiger partial charge in [-0.2, -0.15) is 13.7 Å². The summed E-state index contributed by atoms with van der Waals surface area (Å²) in [5.41, 5.74) is 1.36. The number of ether oxygens (including phenoxy) is 1. The molecule has 0 aliphatic heterocycles. The highest BCUT2D eigenvalue weighted by molar-refractivity contribution is 7.87. The largest absolute Gasteiger partial charge is 0.442 e. The van der Waals surface area contributed by atoms with Gasteiger partial charge in [-0.25, -0.2) is 0 Å². The van der Waals surface area contributed by atoms with E-state index < -0.39 is 22.2 Å². The van der Waals surface area contributed by atoms with Gasteiger partial charge in [0.15, 0.2) is 0 Å². The summed E-state index contributed by atoms with van der Waals surface area (Å²) in [4.78, 5) is 11.0. The highest BCUT2D eigenvalue weighted by Gasteiger charge is 2.18. The fourth-order valence-electron chi connectivity index (χ4n) is 1.91. The van der Waals surface area contributed by atoms with Crippen LogP contribution < -0.4 is 4.18 Å². The van der Waals surface area contributed by atoms with Gasteiger partial charge >= 0.3 is 16.1 Å². The predicted octanol–water partition coefficient (Wildman–Crippen LogP) is 2.89. The number of hydrogen-bond acceptors (Lipinski definition) is 6. The summed E-state index contributed by atoms with van der Waals surface area (Å²) < 4.78 is 34.3. The van der Waals surface area contributed by atoms with Gasteiger partial charge in [0.2, 0.25) is 6.10 Å². The number of carbonyl (C=O) groups excluding carboxylic acids is 1. The lowest BCUT2D eigenvalue weighted by Crippen LogP contribution is -2.10. The molecule has 0 bridgehead atoms. The van der Waals surface area contributed by atoms with Crippen LogP contribution in [0.4, 0.5) is 0 Å². The molecule has 7 heteroatoms. The van der Waals surface area contributed by atoms with Crippen molar-refractivity contribution < 1.29 is 22.1 Å². The molecular formula is C17H15NO5S. The summed E-state index contributed by atoms with van der Waals surface area (Å²) in [6.45, 7) is 3.06. The van der Waals surface area contributed by atoms with Gasteiger partial charge in [-0.3, -0.25) is 4.79 Å². The van der Waals surface area contributed by atoms with Crippen molar-refractivity contribution in [3.8, 4) is 11.8 Å². The second-order valence-electron chi connectivity index (χ2n) is 5.04. The molecule has 1 atom stereocenters. The van der Waals surface area contributed by atoms with Crippen LogP contribution in [0, 0.1) is 18.3 Å². The van der Waals surface area contributed by atoms with Crippen LogP contribution in [0.25, 0.3) is 0 Å². The molecule has 2 rings (SSSR count). The highest BCUT2D eigenvalue weighted by atomic mass is 32.2. The minimum Gasteiger partial charge on any atom is -0.442 e. The number of benzene rings is 2. The van der Waals surface area contributed by atoms with Crippen molar-refractivity contribution in [1.82, 2.24) is 0 Å². The smallest absolute Gasteiger partial charge is 0.339 e. The van der Waals surface area contributed by atoms with E-state index >= 15 is 0 Å². The Morgan fingerprint density at radius 3 is 2.17 bits per heavy atom. The van der Waals surface area contributed by atoms with Crippen molar-refractivity contribution >= 4 is 16.1 Å². The van der Waals surface area contributed by atoms with E-state index in [2.05, 4.69) is 0 Å². The molecule has 1 unspecified atom stereocenters. The molecule has 0 aromatic heterocycles. The van der Waals surface area contributed by atoms with Crippen molar-refractivity contribution in [3.63, 3.8) is 0 Å². The van der Waals surface area contributed by atoms with Crippen molar-refractivity contribution in [3.05, 3.63) is 59.7 Å². The maximum atomic E-state index is 12.2. The van der Waals surface area contributed by atoms with Gasteiger partial charge in [-0.15, -0.1) is 0 Å². The minimum absolute atomic E-state index is 0.0481. The maximum Gasteiger partial charge on any atom is 0.339 e. The Labute approximate surface area is 140 Å². The topological polar surface area (TPSA) is 93.5 Å². The monoisotopic (exact) mass is 345 g/mol. The maximum absolute atomic E-state index is 12.2. The molecule has 0 aliphatic rings. The van der Waals surface area contributed by atoms with E-state index in [1.807, 2.05) is 13.0 Å². The quantitative estimate of drug-likeness (QED) is 0.611. The summed E-state index contributed by atoms with van der Waals surface area (Å²) >= 11 is 0. The molecule has 0 saturated heterocycles. The number of nitriles is 1. The first-order chi connectivity index (χ1) is 11.3. The molecule has 0 radical (unpaired) electrons. The van der Waals surface area contributed by atoms with Gasteiger partial charge in [0.25, 0.3) is 0 Å². The zero-order chi connectivity index (χ0) is 17.7. The lowest BCUT2D eigenvalue weighted by atomic mass is 10.1. The molecule has 0 amide bonds. The molecule has 0 N–H and O–H groups in total. The molecule has 0 spiro atoms. The van der Waals surface area contributed by atoms with Gasteiger partial charge < -0.3 is 8.92 Å². The van der Waals surface area contributed by atoms with E-state index in [-0.39, 0.29) is 10.6 Å². The molecule has 24 heavy (non-hydrogen) atoms. The number of aryl methyl sites for hydroxylation is 1. The average Bonchev–Trinajstić information content (AvgIpc) is 2.53. The van der Waals surface area contributed by atoms with Gasteiger partial charge in [-0.05, 0) is 31.2 Å². The SMILES string of the molecule is CC(=O)OC(C#N)c1ccc(OS(=O)(=O)c2ccc(C)cc2)cc1. The van der Waals surface area contributed by atoms with Crippen LogP contribution in [0.15, 0.2) is 53.4 Å². The Morgan fingerprint density at radius 1 is 1.08 bits per heavy atom. The van der Waals surface area contributed by atoms with Crippen LogP contribution in [0.1, 0.15) is 24.2 Å². The van der Waals surface area contributed by atoms with Gasteiger partial charge in [0, 0.05) is 12.5 Å². The van der Waals surface area contributed by atoms with Gasteiger partial charge in [0.05, 0.1) is 0 Å². The molecule has 124 valence electrons. The molecule has 6 nitrogen and oxygen atoms in total. The summed E-state index contributed by atoms with van der Waals surface area (Å²) in [7, 11) is -3.94. The summed E-state index contributed by atoms with van der Waals surface area (Å²) in [5, 5.41) is 9.00. The Balaban J connectivity index is 2.18. The van der Waals surface area contributed by atoms with Gasteiger partial charge in [-0.1, -0.05) is 29.8 Å². The van der Waals surface area contributed by atoms with E-state index in [4.69, 9.17) is 14.2 Å². The number of carbonyl (C=O) groups is 1. The molecule has 0 saturated carbocycles. The standard InChI is InChI=1S/C17H15NO5S/c1-12-3-9-16(10-4-12)24(20,21)23-15-7-5-14(6-8-15)17(11-18)22-13(2)19/h3-10,17H,1-2H3. The lowest BCUT2D eigenvalue weighted by molar-refractivity contribution is -0.144. The predicted molar refractivity (Wildman–Crippen MR) is 85.6 cm³/mol. The first-order valence-corrected chi connectivity index (χ1v) is 8.40. The van der Waals surface area contributed by atoms with Gasteiger partial charge in [0.1, 0.15) is 16.7 Å². The van der Waals surface area contributed by atoms with E-state index in [0.717, 1.165) is 5.56 Å². The third kappa shape index (κ3) is 4.33. The molecular weight excluding hydrogens is 330 g/mol. The second-order valence-corrected chi connectivity index (χ2v) is 6.58. The van der Waals surface area contributed by atoms with Crippen molar-refractivity contribution in [2.75, 3.05) is 0 Å². The lowest BCUT2D eigenvalue weighted by Gasteiger charge is -2.11. The third-order valence-electron chi connectivity index (χ3n) is 3.10. The molecule has 2 aromatic rings. The molecule has 2 aromatic carbocycles. The van der Waals surface area contributed by atoms with Crippen LogP contribution in [0.3, 0.4) is 0 Å². The Morgan fingerprint density at radius 2 is 1.67 bits per heavy atom. The number of rotatable bonds is 5. The first-order valence-electron chi connectivity index (χ1n) is 7.00. The Kier molecular flexibility index (Phi) is 5.21. The molecule has 0 heterocycles. The van der Waals surface area contributed by atoms with Crippen LogP contribution >= 0.6 is 0 Å². The fourth-order valence-corrected chi connectivity index (χ4v) is 2.84. The fraction of sp³-hybridized carbons (Fsp3) is 0.176. The molecule has 0 aliphatic carbocycles. The van der Waals surface area contributed by atoms with Crippen molar-refractivity contribution in [2.45, 2.75) is 24.8 Å². The zero-order valence-corrected chi connectivity index (χ0v) is 13.9. The normalized spacial score (nSPS) is 12.0. The molecule has 0 fully saturated rings. The number of hydrogen-bond donors (Lipinski definition) is 0. The van der Waals surface area contributed by atoms with E-state index in [1.54, 1.807) is 12.1 Å². The second kappa shape index (κ2) is 7.15. The highest BCUT2D eigenvalue weighted by Crippen LogP contribution is 2.23. The number of nitrogens with zero attached hydrogens (tertiary/aromatic N) is 1.